The summed E-state index contributed by atoms with van der Waals surface area (Å²) in [5.74, 6) is 0.702. The van der Waals surface area contributed by atoms with Crippen molar-refractivity contribution in [2.75, 3.05) is 13.7 Å². The molecule has 0 bridgehead atoms. The van der Waals surface area contributed by atoms with Crippen LogP contribution in [0.5, 0.6) is 0 Å². The van der Waals surface area contributed by atoms with Crippen molar-refractivity contribution in [2.45, 2.75) is 45.8 Å². The molecule has 0 aliphatic carbocycles. The van der Waals surface area contributed by atoms with Gasteiger partial charge < -0.3 is 14.0 Å². The van der Waals surface area contributed by atoms with Crippen LogP contribution >= 0.6 is 0 Å². The zero-order valence-corrected chi connectivity index (χ0v) is 11.2. The van der Waals surface area contributed by atoms with E-state index in [1.807, 2.05) is 18.4 Å². The van der Waals surface area contributed by atoms with Gasteiger partial charge in [-0.2, -0.15) is 0 Å². The van der Waals surface area contributed by atoms with Crippen LogP contribution in [-0.4, -0.2) is 35.3 Å². The molecule has 0 N–H and O–H groups in total. The van der Waals surface area contributed by atoms with E-state index in [4.69, 9.17) is 9.47 Å². The number of nitrogens with zero attached hydrogens (tertiary/aromatic N) is 2. The van der Waals surface area contributed by atoms with E-state index in [9.17, 15) is 4.79 Å². The topological polar surface area (TPSA) is 53.3 Å². The number of fused-ring (bicyclic) bond motifs is 1. The normalized spacial score (nSPS) is 18.5. The number of aryl methyl sites for hydroxylation is 2. The Balaban J connectivity index is 2.37. The number of hydrogen-bond donors (Lipinski definition) is 0. The van der Waals surface area contributed by atoms with Crippen LogP contribution in [0, 0.1) is 0 Å². The number of ether oxygens (including phenoxy) is 2. The quantitative estimate of drug-likeness (QED) is 0.763. The fourth-order valence-corrected chi connectivity index (χ4v) is 2.39. The molecule has 1 aromatic heterocycles. The summed E-state index contributed by atoms with van der Waals surface area (Å²) in [6, 6.07) is 0. The molecule has 1 atom stereocenters. The SMILES string of the molecule is CCOC(=O)c1c(CC)nc2n1C[C@H](OC)CC2. The van der Waals surface area contributed by atoms with Crippen molar-refractivity contribution >= 4 is 5.97 Å². The maximum absolute atomic E-state index is 12.0. The third kappa shape index (κ3) is 2.27. The lowest BCUT2D eigenvalue weighted by atomic mass is 10.1. The van der Waals surface area contributed by atoms with E-state index < -0.39 is 0 Å². The maximum atomic E-state index is 12.0. The molecule has 0 saturated carbocycles. The molecule has 1 aliphatic rings. The van der Waals surface area contributed by atoms with Gasteiger partial charge in [0.05, 0.1) is 24.9 Å². The van der Waals surface area contributed by atoms with Gasteiger partial charge >= 0.3 is 5.97 Å². The highest BCUT2D eigenvalue weighted by Crippen LogP contribution is 2.22. The third-order valence-electron chi connectivity index (χ3n) is 3.33. The molecule has 0 aromatic carbocycles. The smallest absolute Gasteiger partial charge is 0.356 e. The van der Waals surface area contributed by atoms with Gasteiger partial charge in [0.15, 0.2) is 5.69 Å². The second-order valence-electron chi connectivity index (χ2n) is 4.40. The molecule has 0 amide bonds. The Morgan fingerprint density at radius 1 is 1.50 bits per heavy atom. The first-order valence-electron chi connectivity index (χ1n) is 6.49. The molecule has 1 aliphatic heterocycles. The van der Waals surface area contributed by atoms with Crippen molar-refractivity contribution < 1.29 is 14.3 Å². The molecule has 100 valence electrons. The number of methoxy groups -OCH3 is 1. The van der Waals surface area contributed by atoms with E-state index >= 15 is 0 Å². The molecule has 2 heterocycles. The van der Waals surface area contributed by atoms with Crippen LogP contribution in [0.3, 0.4) is 0 Å². The number of esters is 1. The lowest BCUT2D eigenvalue weighted by Crippen LogP contribution is -2.28. The average Bonchev–Trinajstić information content (AvgIpc) is 2.76. The maximum Gasteiger partial charge on any atom is 0.356 e. The molecule has 1 aromatic rings. The van der Waals surface area contributed by atoms with E-state index in [2.05, 4.69) is 4.98 Å². The molecule has 0 spiro atoms. The van der Waals surface area contributed by atoms with Gasteiger partial charge in [-0.3, -0.25) is 0 Å². The van der Waals surface area contributed by atoms with Crippen molar-refractivity contribution in [1.29, 1.82) is 0 Å². The van der Waals surface area contributed by atoms with Crippen LogP contribution in [0.2, 0.25) is 0 Å². The number of carbonyl (C=O) groups excluding carboxylic acids is 1. The average molecular weight is 252 g/mol. The standard InChI is InChI=1S/C13H20N2O3/c1-4-10-12(13(16)18-5-2)15-8-9(17-3)6-7-11(15)14-10/h9H,4-8H2,1-3H3/t9-/m1/s1. The largest absolute Gasteiger partial charge is 0.461 e. The van der Waals surface area contributed by atoms with E-state index in [-0.39, 0.29) is 12.1 Å². The molecular formula is C13H20N2O3. The molecule has 0 fully saturated rings. The summed E-state index contributed by atoms with van der Waals surface area (Å²) in [4.78, 5) is 16.6. The van der Waals surface area contributed by atoms with Gasteiger partial charge in [-0.1, -0.05) is 6.92 Å². The number of hydrogen-bond acceptors (Lipinski definition) is 4. The van der Waals surface area contributed by atoms with Crippen LogP contribution in [-0.2, 0) is 28.9 Å². The van der Waals surface area contributed by atoms with Crippen molar-refractivity contribution in [2.24, 2.45) is 0 Å². The van der Waals surface area contributed by atoms with E-state index in [1.165, 1.54) is 0 Å². The van der Waals surface area contributed by atoms with Crippen LogP contribution in [0.15, 0.2) is 0 Å². The predicted octanol–water partition coefficient (Wildman–Crippen LogP) is 1.58. The summed E-state index contributed by atoms with van der Waals surface area (Å²) in [5, 5.41) is 0. The predicted molar refractivity (Wildman–Crippen MR) is 66.7 cm³/mol. The third-order valence-corrected chi connectivity index (χ3v) is 3.33. The molecule has 0 unspecified atom stereocenters. The van der Waals surface area contributed by atoms with Gasteiger partial charge in [0, 0.05) is 13.5 Å². The van der Waals surface area contributed by atoms with Crippen molar-refractivity contribution in [3.05, 3.63) is 17.2 Å². The van der Waals surface area contributed by atoms with Crippen LogP contribution in [0.4, 0.5) is 0 Å². The van der Waals surface area contributed by atoms with E-state index in [0.29, 0.717) is 18.8 Å². The number of imidazole rings is 1. The zero-order valence-electron chi connectivity index (χ0n) is 11.2. The number of rotatable bonds is 4. The molecular weight excluding hydrogens is 232 g/mol. The van der Waals surface area contributed by atoms with Crippen LogP contribution in [0.25, 0.3) is 0 Å². The van der Waals surface area contributed by atoms with Crippen molar-refractivity contribution in [3.8, 4) is 0 Å². The van der Waals surface area contributed by atoms with Crippen LogP contribution < -0.4 is 0 Å². The van der Waals surface area contributed by atoms with E-state index in [0.717, 1.165) is 30.8 Å². The summed E-state index contributed by atoms with van der Waals surface area (Å²) < 4.78 is 12.5. The second-order valence-corrected chi connectivity index (χ2v) is 4.40. The Hall–Kier alpha value is -1.36. The van der Waals surface area contributed by atoms with Gasteiger partial charge in [0.25, 0.3) is 0 Å². The minimum atomic E-state index is -0.273. The van der Waals surface area contributed by atoms with Gasteiger partial charge in [-0.25, -0.2) is 9.78 Å². The Kier molecular flexibility index (Phi) is 4.01. The summed E-state index contributed by atoms with van der Waals surface area (Å²) >= 11 is 0. The summed E-state index contributed by atoms with van der Waals surface area (Å²) in [7, 11) is 1.71. The lowest BCUT2D eigenvalue weighted by Gasteiger charge is -2.23. The number of carbonyl (C=O) groups is 1. The van der Waals surface area contributed by atoms with Crippen LogP contribution in [0.1, 0.15) is 42.3 Å². The highest BCUT2D eigenvalue weighted by atomic mass is 16.5. The molecule has 0 saturated heterocycles. The highest BCUT2D eigenvalue weighted by Gasteiger charge is 2.28. The minimum Gasteiger partial charge on any atom is -0.461 e. The van der Waals surface area contributed by atoms with Gasteiger partial charge in [-0.05, 0) is 19.8 Å². The summed E-state index contributed by atoms with van der Waals surface area (Å²) in [6.07, 6.45) is 2.71. The Labute approximate surface area is 107 Å². The lowest BCUT2D eigenvalue weighted by molar-refractivity contribution is 0.0482. The van der Waals surface area contributed by atoms with E-state index in [1.54, 1.807) is 7.11 Å². The zero-order chi connectivity index (χ0) is 13.1. The van der Waals surface area contributed by atoms with Gasteiger partial charge in [-0.15, -0.1) is 0 Å². The Morgan fingerprint density at radius 2 is 2.28 bits per heavy atom. The summed E-state index contributed by atoms with van der Waals surface area (Å²) in [5.41, 5.74) is 1.44. The first kappa shape index (κ1) is 13.1. The molecule has 0 radical (unpaired) electrons. The van der Waals surface area contributed by atoms with Gasteiger partial charge in [0.2, 0.25) is 0 Å². The van der Waals surface area contributed by atoms with Gasteiger partial charge in [0.1, 0.15) is 5.82 Å². The monoisotopic (exact) mass is 252 g/mol. The first-order chi connectivity index (χ1) is 8.71. The fraction of sp³-hybridized carbons (Fsp3) is 0.692. The fourth-order valence-electron chi connectivity index (χ4n) is 2.39. The summed E-state index contributed by atoms with van der Waals surface area (Å²) in [6.45, 7) is 4.89. The highest BCUT2D eigenvalue weighted by molar-refractivity contribution is 5.89. The molecule has 2 rings (SSSR count). The Bertz CT molecular complexity index is 440. The van der Waals surface area contributed by atoms with Crippen molar-refractivity contribution in [3.63, 3.8) is 0 Å². The second kappa shape index (κ2) is 5.52. The minimum absolute atomic E-state index is 0.157. The molecule has 5 heteroatoms. The van der Waals surface area contributed by atoms with Crippen molar-refractivity contribution in [1.82, 2.24) is 9.55 Å². The molecule has 18 heavy (non-hydrogen) atoms. The molecule has 5 nitrogen and oxygen atoms in total. The first-order valence-corrected chi connectivity index (χ1v) is 6.49. The Morgan fingerprint density at radius 3 is 2.89 bits per heavy atom. The number of aromatic nitrogens is 2.